The summed E-state index contributed by atoms with van der Waals surface area (Å²) >= 11 is 0. The summed E-state index contributed by atoms with van der Waals surface area (Å²) in [4.78, 5) is 249. The van der Waals surface area contributed by atoms with Crippen molar-refractivity contribution >= 4 is 119 Å². The van der Waals surface area contributed by atoms with E-state index in [-0.39, 0.29) is 227 Å². The van der Waals surface area contributed by atoms with E-state index in [1.807, 2.05) is 0 Å². The molecule has 149 heavy (non-hydrogen) atoms. The molecule has 0 radical (unpaired) electrons. The fourth-order valence-corrected chi connectivity index (χ4v) is 14.5. The fraction of sp³-hybridized carbons (Fsp3) is 0.596. The van der Waals surface area contributed by atoms with Gasteiger partial charge in [0.2, 0.25) is 0 Å². The Morgan fingerprint density at radius 1 is 0.148 bits per heavy atom. The number of carbonyl (C=O) groups is 20. The third kappa shape index (κ3) is 62.3. The number of rotatable bonds is 88. The Hall–Kier alpha value is -13.7. The third-order valence-corrected chi connectivity index (χ3v) is 23.0. The molecule has 4 N–H and O–H groups in total. The number of hydrogen-bond acceptors (Lipinski definition) is 36. The first-order valence-electron chi connectivity index (χ1n) is 51.8. The number of carboxylic acid groups (broad SMARTS) is 4. The van der Waals surface area contributed by atoms with Gasteiger partial charge in [-0.2, -0.15) is 0 Å². The Morgan fingerprint density at radius 3 is 0.389 bits per heavy atom. The van der Waals surface area contributed by atoms with Gasteiger partial charge in [0.1, 0.15) is 31.8 Å². The minimum Gasteiger partial charge on any atom is -0.478 e. The largest absolute Gasteiger partial charge is 0.478 e. The highest BCUT2D eigenvalue weighted by atomic mass is 16.6. The van der Waals surface area contributed by atoms with Crippen LogP contribution in [-0.4, -0.2) is 246 Å². The van der Waals surface area contributed by atoms with Gasteiger partial charge >= 0.3 is 119 Å². The summed E-state index contributed by atoms with van der Waals surface area (Å²) in [5.74, 6) is -14.2. The first-order valence-corrected chi connectivity index (χ1v) is 51.8. The first-order chi connectivity index (χ1) is 72.0. The number of benzene rings is 4. The second-order valence-corrected chi connectivity index (χ2v) is 35.6. The number of esters is 16. The van der Waals surface area contributed by atoms with Gasteiger partial charge in [0.15, 0.2) is 0 Å². The van der Waals surface area contributed by atoms with Gasteiger partial charge in [-0.15, -0.1) is 0 Å². The molecule has 0 unspecified atom stereocenters. The highest BCUT2D eigenvalue weighted by molar-refractivity contribution is 6.05. The lowest BCUT2D eigenvalue weighted by molar-refractivity contribution is -0.171. The maximum atomic E-state index is 13.6. The van der Waals surface area contributed by atoms with Gasteiger partial charge in [0.05, 0.1) is 124 Å². The molecule has 0 fully saturated rings. The van der Waals surface area contributed by atoms with Gasteiger partial charge < -0.3 is 96.2 Å². The standard InChI is InChI=1S/C109H148O40/c110-89(53-13-1-33-65-134-93(114)57-17-9-41-73-142-105(130)85-49-29-25-45-81(85)101(122)123)138-69-37-5-21-61-97(118)146-77-109(78-147-98(119)62-22-6-38-70-139-90(111)54-14-2-34-66-135-94(115)58-18-10-42-74-143-106(131)86-50-30-26-46-82(86)102(124)125,79-148-99(120)63-23-7-39-71-140-91(112)55-15-3-35-67-136-95(116)59-19-11-43-75-144-107(132)87-51-31-27-47-83(87)103(126)127)80-149-100(121)64-24-8-40-72-141-92(113)56-16-4-36-68-137-96(117)60-20-12-44-76-145-108(133)88-52-32-28-48-84(88)104(128)129/h25-32,45-52H,1-24,33-44,53-80H2,(H,122,123)(H,124,125)(H,126,127)(H,128,129). The van der Waals surface area contributed by atoms with Gasteiger partial charge in [-0.1, -0.05) is 48.5 Å². The zero-order chi connectivity index (χ0) is 109. The molecule has 824 valence electrons. The summed E-state index contributed by atoms with van der Waals surface area (Å²) in [7, 11) is 0. The van der Waals surface area contributed by atoms with Gasteiger partial charge in [-0.3, -0.25) is 57.5 Å². The molecule has 0 saturated carbocycles. The predicted molar refractivity (Wildman–Crippen MR) is 530 cm³/mol. The summed E-state index contributed by atoms with van der Waals surface area (Å²) in [6.07, 6.45) is 17.3. The van der Waals surface area contributed by atoms with E-state index in [1.54, 1.807) is 0 Å². The molecule has 0 aliphatic rings. The summed E-state index contributed by atoms with van der Waals surface area (Å²) in [6, 6.07) is 22.9. The zero-order valence-corrected chi connectivity index (χ0v) is 85.5. The number of carboxylic acids is 4. The lowest BCUT2D eigenvalue weighted by atomic mass is 9.92. The molecule has 0 saturated heterocycles. The minimum atomic E-state index is -1.67. The van der Waals surface area contributed by atoms with Crippen LogP contribution in [0, 0.1) is 5.41 Å². The lowest BCUT2D eigenvalue weighted by Gasteiger charge is -2.31. The van der Waals surface area contributed by atoms with Crippen molar-refractivity contribution in [1.29, 1.82) is 0 Å². The van der Waals surface area contributed by atoms with E-state index < -0.39 is 151 Å². The maximum Gasteiger partial charge on any atom is 0.339 e. The maximum absolute atomic E-state index is 13.6. The normalized spacial score (nSPS) is 10.9. The molecular weight excluding hydrogens is 1950 g/mol. The van der Waals surface area contributed by atoms with Crippen LogP contribution in [-0.2, 0) is 133 Å². The van der Waals surface area contributed by atoms with Crippen molar-refractivity contribution < 1.29 is 192 Å². The average molecular weight is 2100 g/mol. The molecule has 40 nitrogen and oxygen atoms in total. The van der Waals surface area contributed by atoms with Gasteiger partial charge in [-0.25, -0.2) is 38.4 Å². The number of unbranched alkanes of at least 4 members (excludes halogenated alkanes) is 24. The van der Waals surface area contributed by atoms with Crippen LogP contribution < -0.4 is 0 Å². The smallest absolute Gasteiger partial charge is 0.339 e. The highest BCUT2D eigenvalue weighted by Gasteiger charge is 2.38. The van der Waals surface area contributed by atoms with Crippen LogP contribution in [0.25, 0.3) is 0 Å². The summed E-state index contributed by atoms with van der Waals surface area (Å²) in [6.45, 7) is -1.20. The van der Waals surface area contributed by atoms with Gasteiger partial charge in [-0.05, 0) is 280 Å². The average Bonchev–Trinajstić information content (AvgIpc) is 0.869. The number of ether oxygens (including phenoxy) is 16. The molecule has 0 aliphatic carbocycles. The molecule has 0 atom stereocenters. The molecule has 4 rings (SSSR count). The number of aromatic carboxylic acids is 4. The molecule has 40 heteroatoms. The van der Waals surface area contributed by atoms with Crippen LogP contribution in [0.4, 0.5) is 0 Å². The molecule has 4 aromatic carbocycles. The van der Waals surface area contributed by atoms with E-state index in [0.29, 0.717) is 205 Å². The van der Waals surface area contributed by atoms with E-state index in [0.717, 1.165) is 0 Å². The first kappa shape index (κ1) is 128. The van der Waals surface area contributed by atoms with E-state index in [4.69, 9.17) is 75.8 Å². The second kappa shape index (κ2) is 80.4. The molecule has 0 aromatic heterocycles. The van der Waals surface area contributed by atoms with E-state index in [1.165, 1.54) is 97.1 Å². The van der Waals surface area contributed by atoms with Crippen molar-refractivity contribution in [2.45, 2.75) is 308 Å². The molecule has 4 aromatic rings. The van der Waals surface area contributed by atoms with E-state index >= 15 is 0 Å². The van der Waals surface area contributed by atoms with Crippen molar-refractivity contribution in [1.82, 2.24) is 0 Å². The van der Waals surface area contributed by atoms with Gasteiger partial charge in [0, 0.05) is 77.0 Å². The summed E-state index contributed by atoms with van der Waals surface area (Å²) < 4.78 is 87.0. The molecular formula is C109H148O40. The van der Waals surface area contributed by atoms with Crippen molar-refractivity contribution in [2.75, 3.05) is 106 Å². The highest BCUT2D eigenvalue weighted by Crippen LogP contribution is 2.26. The SMILES string of the molecule is O=C(CCCCCOC(=O)CCCCCOC(=O)c1ccccc1C(=O)O)OCCCCCC(=O)OCC(COC(=O)CCCCCOC(=O)CCCCCOC(=O)CCCCCOC(=O)c1ccccc1C(=O)O)(COC(=O)CCCCCOC(=O)CCCCCOC(=O)CCCCCOC(=O)c1ccccc1C(=O)O)COC(=O)CCCCCOC(=O)CCCCCOC(=O)CCCCCOC(=O)c1ccccc1C(=O)O. The zero-order valence-electron chi connectivity index (χ0n) is 85.5. The van der Waals surface area contributed by atoms with Crippen molar-refractivity contribution in [2.24, 2.45) is 5.41 Å². The monoisotopic (exact) mass is 2100 g/mol. The molecule has 0 aliphatic heterocycles. The van der Waals surface area contributed by atoms with Crippen molar-refractivity contribution in [3.05, 3.63) is 142 Å². The van der Waals surface area contributed by atoms with E-state index in [2.05, 4.69) is 0 Å². The summed E-state index contributed by atoms with van der Waals surface area (Å²) in [5, 5.41) is 37.3. The molecule has 0 amide bonds. The second-order valence-electron chi connectivity index (χ2n) is 35.6. The van der Waals surface area contributed by atoms with Gasteiger partial charge in [0.25, 0.3) is 0 Å². The van der Waals surface area contributed by atoms with Crippen molar-refractivity contribution in [3.63, 3.8) is 0 Å². The van der Waals surface area contributed by atoms with Crippen molar-refractivity contribution in [3.8, 4) is 0 Å². The Morgan fingerprint density at radius 2 is 0.262 bits per heavy atom. The third-order valence-electron chi connectivity index (χ3n) is 23.0. The number of carbonyl (C=O) groups excluding carboxylic acids is 16. The van der Waals surface area contributed by atoms with Crippen LogP contribution in [0.2, 0.25) is 0 Å². The Bertz CT molecular complexity index is 4190. The van der Waals surface area contributed by atoms with E-state index in [9.17, 15) is 116 Å². The predicted octanol–water partition coefficient (Wildman–Crippen LogP) is 17.4. The quantitative estimate of drug-likeness (QED) is 0.0181. The van der Waals surface area contributed by atoms with Crippen LogP contribution in [0.15, 0.2) is 97.1 Å². The summed E-state index contributed by atoms with van der Waals surface area (Å²) in [5.41, 5.74) is -2.52. The molecule has 0 spiro atoms. The van der Waals surface area contributed by atoms with Crippen LogP contribution in [0.5, 0.6) is 0 Å². The van der Waals surface area contributed by atoms with Crippen LogP contribution >= 0.6 is 0 Å². The Balaban J connectivity index is 1.25. The number of hydrogen-bond donors (Lipinski definition) is 4. The topological polar surface area (TPSA) is 570 Å². The fourth-order valence-electron chi connectivity index (χ4n) is 14.5. The van der Waals surface area contributed by atoms with Crippen LogP contribution in [0.1, 0.15) is 391 Å². The Labute approximate surface area is 868 Å². The Kier molecular flexibility index (Phi) is 68.8. The molecule has 0 bridgehead atoms. The van der Waals surface area contributed by atoms with Crippen LogP contribution in [0.3, 0.4) is 0 Å². The minimum absolute atomic E-state index is 0.0476. The lowest BCUT2D eigenvalue weighted by Crippen LogP contribution is -2.44. The molecule has 0 heterocycles.